The van der Waals surface area contributed by atoms with E-state index in [1.165, 1.54) is 24.3 Å². The highest BCUT2D eigenvalue weighted by atomic mass is 19.3. The zero-order chi connectivity index (χ0) is 15.2. The largest absolute Gasteiger partial charge is 0.369 e. The molecule has 0 spiro atoms. The second kappa shape index (κ2) is 6.61. The van der Waals surface area contributed by atoms with Gasteiger partial charge in [0.1, 0.15) is 12.5 Å². The van der Waals surface area contributed by atoms with Crippen molar-refractivity contribution in [1.29, 1.82) is 5.26 Å². The average Bonchev–Trinajstić information content (AvgIpc) is 2.35. The Bertz CT molecular complexity index is 526. The van der Waals surface area contributed by atoms with Gasteiger partial charge in [-0.1, -0.05) is 30.3 Å². The summed E-state index contributed by atoms with van der Waals surface area (Å²) in [5.41, 5.74) is 4.84. The van der Waals surface area contributed by atoms with Gasteiger partial charge in [0.05, 0.1) is 12.5 Å². The van der Waals surface area contributed by atoms with Gasteiger partial charge in [0.15, 0.2) is 0 Å². The van der Waals surface area contributed by atoms with Crippen molar-refractivity contribution < 1.29 is 18.4 Å². The predicted octanol–water partition coefficient (Wildman–Crippen LogP) is 0.921. The fraction of sp³-hybridized carbons (Fsp3) is 0.308. The first-order valence-electron chi connectivity index (χ1n) is 5.74. The number of hydrogen-bond donors (Lipinski definition) is 2. The number of benzene rings is 1. The summed E-state index contributed by atoms with van der Waals surface area (Å²) in [6.07, 6.45) is -1.24. The third-order valence-corrected chi connectivity index (χ3v) is 2.57. The number of hydrogen-bond acceptors (Lipinski definition) is 3. The normalized spacial score (nSPS) is 12.2. The number of nitriles is 1. The molecule has 0 bridgehead atoms. The van der Waals surface area contributed by atoms with Crippen molar-refractivity contribution in [1.82, 2.24) is 5.32 Å². The lowest BCUT2D eigenvalue weighted by Crippen LogP contribution is -2.42. The second-order valence-electron chi connectivity index (χ2n) is 4.12. The Balaban J connectivity index is 3.11. The molecule has 1 rings (SSSR count). The first kappa shape index (κ1) is 15.6. The van der Waals surface area contributed by atoms with Crippen molar-refractivity contribution in [2.24, 2.45) is 5.73 Å². The molecule has 0 radical (unpaired) electrons. The van der Waals surface area contributed by atoms with Crippen LogP contribution in [0, 0.1) is 11.3 Å². The van der Waals surface area contributed by atoms with Gasteiger partial charge >= 0.3 is 0 Å². The number of nitrogens with one attached hydrogen (secondary N) is 1. The molecular formula is C13H13F2N3O2. The minimum atomic E-state index is -3.63. The maximum absolute atomic E-state index is 14.1. The van der Waals surface area contributed by atoms with Crippen molar-refractivity contribution in [3.05, 3.63) is 35.9 Å². The second-order valence-corrected chi connectivity index (χ2v) is 4.12. The first-order chi connectivity index (χ1) is 9.38. The van der Waals surface area contributed by atoms with Gasteiger partial charge in [-0.25, -0.2) is 8.78 Å². The number of primary amides is 1. The van der Waals surface area contributed by atoms with Gasteiger partial charge in [0.25, 0.3) is 5.92 Å². The monoisotopic (exact) mass is 281 g/mol. The lowest BCUT2D eigenvalue weighted by molar-refractivity contribution is -0.137. The summed E-state index contributed by atoms with van der Waals surface area (Å²) in [6.45, 7) is -0.394. The number of carbonyl (C=O) groups is 2. The summed E-state index contributed by atoms with van der Waals surface area (Å²) < 4.78 is 28.1. The topological polar surface area (TPSA) is 96.0 Å². The van der Waals surface area contributed by atoms with Crippen LogP contribution in [-0.2, 0) is 9.59 Å². The van der Waals surface area contributed by atoms with Crippen molar-refractivity contribution in [3.63, 3.8) is 0 Å². The predicted molar refractivity (Wildman–Crippen MR) is 66.6 cm³/mol. The summed E-state index contributed by atoms with van der Waals surface area (Å²) in [7, 11) is 0. The van der Waals surface area contributed by atoms with E-state index in [-0.39, 0.29) is 5.56 Å². The van der Waals surface area contributed by atoms with Crippen LogP contribution in [0.4, 0.5) is 8.78 Å². The lowest BCUT2D eigenvalue weighted by atomic mass is 9.89. The summed E-state index contributed by atoms with van der Waals surface area (Å²) in [4.78, 5) is 22.6. The molecule has 0 aromatic heterocycles. The molecule has 2 amide bonds. The Morgan fingerprint density at radius 2 is 1.95 bits per heavy atom. The van der Waals surface area contributed by atoms with Crippen LogP contribution in [0.3, 0.4) is 0 Å². The van der Waals surface area contributed by atoms with Crippen LogP contribution < -0.4 is 11.1 Å². The molecule has 3 N–H and O–H groups in total. The first-order valence-corrected chi connectivity index (χ1v) is 5.74. The third kappa shape index (κ3) is 4.02. The van der Waals surface area contributed by atoms with Crippen LogP contribution >= 0.6 is 0 Å². The molecule has 0 unspecified atom stereocenters. The molecular weight excluding hydrogens is 268 g/mol. The van der Waals surface area contributed by atoms with Gasteiger partial charge < -0.3 is 11.1 Å². The van der Waals surface area contributed by atoms with Gasteiger partial charge in [-0.05, 0) is 5.56 Å². The van der Waals surface area contributed by atoms with Crippen molar-refractivity contribution in [3.8, 4) is 6.07 Å². The van der Waals surface area contributed by atoms with E-state index in [1.807, 2.05) is 0 Å². The van der Waals surface area contributed by atoms with E-state index in [0.29, 0.717) is 0 Å². The number of carbonyl (C=O) groups excluding carboxylic acids is 2. The van der Waals surface area contributed by atoms with E-state index < -0.39 is 36.6 Å². The van der Waals surface area contributed by atoms with Gasteiger partial charge in [-0.3, -0.25) is 9.59 Å². The molecule has 0 saturated heterocycles. The van der Waals surface area contributed by atoms with E-state index in [9.17, 15) is 18.4 Å². The molecule has 0 aliphatic carbocycles. The van der Waals surface area contributed by atoms with Gasteiger partial charge in [0.2, 0.25) is 11.8 Å². The molecule has 20 heavy (non-hydrogen) atoms. The molecule has 5 nitrogen and oxygen atoms in total. The maximum Gasteiger partial charge on any atom is 0.272 e. The highest BCUT2D eigenvalue weighted by Gasteiger charge is 2.46. The van der Waals surface area contributed by atoms with Crippen molar-refractivity contribution in [2.45, 2.75) is 18.3 Å². The van der Waals surface area contributed by atoms with Crippen LogP contribution in [0.2, 0.25) is 0 Å². The minimum Gasteiger partial charge on any atom is -0.369 e. The highest BCUT2D eigenvalue weighted by Crippen LogP contribution is 2.36. The molecule has 0 heterocycles. The molecule has 106 valence electrons. The van der Waals surface area contributed by atoms with Gasteiger partial charge in [-0.15, -0.1) is 0 Å². The van der Waals surface area contributed by atoms with Gasteiger partial charge in [-0.2, -0.15) is 5.26 Å². The molecule has 0 aliphatic rings. The van der Waals surface area contributed by atoms with Crippen LogP contribution in [0.5, 0.6) is 0 Å². The van der Waals surface area contributed by atoms with Crippen LogP contribution in [0.1, 0.15) is 17.9 Å². The van der Waals surface area contributed by atoms with E-state index in [0.717, 1.165) is 0 Å². The Morgan fingerprint density at radius 1 is 1.35 bits per heavy atom. The third-order valence-electron chi connectivity index (χ3n) is 2.57. The Hall–Kier alpha value is -2.49. The van der Waals surface area contributed by atoms with E-state index >= 15 is 0 Å². The van der Waals surface area contributed by atoms with E-state index in [2.05, 4.69) is 5.32 Å². The lowest BCUT2D eigenvalue weighted by Gasteiger charge is -2.25. The summed E-state index contributed by atoms with van der Waals surface area (Å²) in [6, 6.07) is 8.95. The van der Waals surface area contributed by atoms with Crippen LogP contribution in [-0.4, -0.2) is 24.3 Å². The fourth-order valence-corrected chi connectivity index (χ4v) is 1.80. The van der Waals surface area contributed by atoms with Crippen LogP contribution in [0.25, 0.3) is 0 Å². The zero-order valence-corrected chi connectivity index (χ0v) is 10.5. The fourth-order valence-electron chi connectivity index (χ4n) is 1.80. The SMILES string of the molecule is N#CCNC(=O)[C@H](c1ccccc1)C(F)(F)CC(N)=O. The average molecular weight is 281 g/mol. The maximum atomic E-state index is 14.1. The molecule has 0 aliphatic heterocycles. The number of nitrogens with zero attached hydrogens (tertiary/aromatic N) is 1. The molecule has 1 aromatic rings. The Kier molecular flexibility index (Phi) is 5.15. The quantitative estimate of drug-likeness (QED) is 0.759. The Morgan fingerprint density at radius 3 is 2.45 bits per heavy atom. The molecule has 1 atom stereocenters. The zero-order valence-electron chi connectivity index (χ0n) is 10.5. The van der Waals surface area contributed by atoms with E-state index in [4.69, 9.17) is 11.0 Å². The summed E-state index contributed by atoms with van der Waals surface area (Å²) in [5.74, 6) is -7.73. The van der Waals surface area contributed by atoms with Crippen molar-refractivity contribution >= 4 is 11.8 Å². The molecule has 1 aromatic carbocycles. The number of amides is 2. The van der Waals surface area contributed by atoms with Crippen molar-refractivity contribution in [2.75, 3.05) is 6.54 Å². The number of rotatable bonds is 6. The van der Waals surface area contributed by atoms with E-state index in [1.54, 1.807) is 12.1 Å². The molecule has 0 saturated carbocycles. The van der Waals surface area contributed by atoms with Crippen LogP contribution in [0.15, 0.2) is 30.3 Å². The van der Waals surface area contributed by atoms with Gasteiger partial charge in [0, 0.05) is 0 Å². The summed E-state index contributed by atoms with van der Waals surface area (Å²) in [5, 5.41) is 10.5. The smallest absolute Gasteiger partial charge is 0.272 e. The number of halogens is 2. The number of alkyl halides is 2. The molecule has 7 heteroatoms. The number of nitrogens with two attached hydrogens (primary N) is 1. The molecule has 0 fully saturated rings. The standard InChI is InChI=1S/C13H13F2N3O2/c14-13(15,8-10(17)19)11(12(20)18-7-6-16)9-4-2-1-3-5-9/h1-5,11H,7-8H2,(H2,17,19)(H,18,20)/t11-/m0/s1. The Labute approximate surface area is 114 Å². The highest BCUT2D eigenvalue weighted by molar-refractivity contribution is 5.86. The minimum absolute atomic E-state index is 0.0502. The summed E-state index contributed by atoms with van der Waals surface area (Å²) >= 11 is 0.